The summed E-state index contributed by atoms with van der Waals surface area (Å²) in [5.41, 5.74) is 1.98. The fraction of sp³-hybridized carbons (Fsp3) is 0.632. The number of rotatable bonds is 4. The maximum Gasteiger partial charge on any atom is 0.216 e. The molecule has 1 unspecified atom stereocenters. The van der Waals surface area contributed by atoms with Gasteiger partial charge in [0.2, 0.25) is 5.91 Å². The van der Waals surface area contributed by atoms with Gasteiger partial charge in [0, 0.05) is 44.4 Å². The van der Waals surface area contributed by atoms with Crippen LogP contribution >= 0.6 is 0 Å². The molecule has 7 heteroatoms. The van der Waals surface area contributed by atoms with Crippen LogP contribution in [0.2, 0.25) is 0 Å². The highest BCUT2D eigenvalue weighted by Crippen LogP contribution is 2.39. The van der Waals surface area contributed by atoms with Gasteiger partial charge in [-0.15, -0.1) is 0 Å². The van der Waals surface area contributed by atoms with Gasteiger partial charge in [0.1, 0.15) is 5.82 Å². The number of fused-ring (bicyclic) bond motifs is 1. The Hall–Kier alpha value is -2.15. The third-order valence-electron chi connectivity index (χ3n) is 5.67. The lowest BCUT2D eigenvalue weighted by Crippen LogP contribution is -2.45. The van der Waals surface area contributed by atoms with Crippen molar-refractivity contribution in [1.29, 1.82) is 0 Å². The van der Waals surface area contributed by atoms with Crippen LogP contribution < -0.4 is 10.2 Å². The number of carbonyl (C=O) groups is 1. The number of piperidine rings is 1. The maximum absolute atomic E-state index is 11.1. The minimum atomic E-state index is -0.0243. The number of nitrogens with one attached hydrogen (secondary N) is 1. The van der Waals surface area contributed by atoms with Crippen molar-refractivity contribution in [3.8, 4) is 0 Å². The molecule has 1 amide bonds. The molecule has 1 atom stereocenters. The Morgan fingerprint density at radius 2 is 2.19 bits per heavy atom. The SMILES string of the molecule is CCc1cc(N2CCC3(CCC(CNC(C)=O)O3)CC2)n2nccc2n1. The third kappa shape index (κ3) is 3.28. The quantitative estimate of drug-likeness (QED) is 0.905. The summed E-state index contributed by atoms with van der Waals surface area (Å²) in [6, 6.07) is 4.12. The lowest BCUT2D eigenvalue weighted by atomic mass is 9.88. The summed E-state index contributed by atoms with van der Waals surface area (Å²) in [4.78, 5) is 18.2. The zero-order valence-corrected chi connectivity index (χ0v) is 15.6. The number of aromatic nitrogens is 3. The summed E-state index contributed by atoms with van der Waals surface area (Å²) < 4.78 is 8.30. The van der Waals surface area contributed by atoms with Gasteiger partial charge in [-0.1, -0.05) is 6.92 Å². The molecule has 2 aromatic heterocycles. The van der Waals surface area contributed by atoms with Crippen LogP contribution in [-0.4, -0.2) is 51.8 Å². The van der Waals surface area contributed by atoms with Crippen LogP contribution in [0.4, 0.5) is 5.82 Å². The lowest BCUT2D eigenvalue weighted by Gasteiger charge is -2.40. The zero-order chi connectivity index (χ0) is 18.1. The molecule has 0 aromatic carbocycles. The summed E-state index contributed by atoms with van der Waals surface area (Å²) in [5.74, 6) is 1.14. The molecule has 7 nitrogen and oxygen atoms in total. The average Bonchev–Trinajstić information content (AvgIpc) is 3.27. The van der Waals surface area contributed by atoms with Crippen molar-refractivity contribution in [2.24, 2.45) is 0 Å². The van der Waals surface area contributed by atoms with E-state index in [2.05, 4.69) is 33.3 Å². The first-order chi connectivity index (χ1) is 12.6. The van der Waals surface area contributed by atoms with Crippen LogP contribution in [-0.2, 0) is 16.0 Å². The second-order valence-electron chi connectivity index (χ2n) is 7.45. The van der Waals surface area contributed by atoms with Crippen molar-refractivity contribution in [3.05, 3.63) is 24.0 Å². The van der Waals surface area contributed by atoms with Gasteiger partial charge in [-0.25, -0.2) is 4.98 Å². The summed E-state index contributed by atoms with van der Waals surface area (Å²) in [5, 5.41) is 7.33. The van der Waals surface area contributed by atoms with Gasteiger partial charge < -0.3 is 15.0 Å². The van der Waals surface area contributed by atoms with E-state index in [1.54, 1.807) is 6.92 Å². The van der Waals surface area contributed by atoms with Crippen molar-refractivity contribution in [3.63, 3.8) is 0 Å². The van der Waals surface area contributed by atoms with Gasteiger partial charge in [0.15, 0.2) is 5.65 Å². The van der Waals surface area contributed by atoms with E-state index in [4.69, 9.17) is 4.74 Å². The number of hydrogen-bond donors (Lipinski definition) is 1. The number of aryl methyl sites for hydroxylation is 1. The number of nitrogens with zero attached hydrogens (tertiary/aromatic N) is 4. The molecule has 140 valence electrons. The molecule has 4 rings (SSSR count). The zero-order valence-electron chi connectivity index (χ0n) is 15.6. The summed E-state index contributed by atoms with van der Waals surface area (Å²) >= 11 is 0. The van der Waals surface area contributed by atoms with E-state index in [0.29, 0.717) is 6.54 Å². The summed E-state index contributed by atoms with van der Waals surface area (Å²) in [6.45, 7) is 6.22. The molecule has 0 saturated carbocycles. The predicted octanol–water partition coefficient (Wildman–Crippen LogP) is 1.95. The molecule has 1 N–H and O–H groups in total. The topological polar surface area (TPSA) is 71.8 Å². The van der Waals surface area contributed by atoms with Gasteiger partial charge in [-0.05, 0) is 32.1 Å². The van der Waals surface area contributed by atoms with Gasteiger partial charge in [0.05, 0.1) is 17.9 Å². The van der Waals surface area contributed by atoms with E-state index in [1.807, 2.05) is 16.8 Å². The first kappa shape index (κ1) is 17.3. The third-order valence-corrected chi connectivity index (χ3v) is 5.67. The second-order valence-corrected chi connectivity index (χ2v) is 7.45. The first-order valence-corrected chi connectivity index (χ1v) is 9.59. The smallest absolute Gasteiger partial charge is 0.216 e. The van der Waals surface area contributed by atoms with Crippen molar-refractivity contribution in [2.75, 3.05) is 24.5 Å². The van der Waals surface area contributed by atoms with Gasteiger partial charge in [-0.2, -0.15) is 9.61 Å². The molecular formula is C19H27N5O2. The number of amides is 1. The highest BCUT2D eigenvalue weighted by atomic mass is 16.5. The predicted molar refractivity (Wildman–Crippen MR) is 99.3 cm³/mol. The van der Waals surface area contributed by atoms with E-state index in [1.165, 1.54) is 0 Å². The Labute approximate surface area is 153 Å². The molecule has 26 heavy (non-hydrogen) atoms. The van der Waals surface area contributed by atoms with E-state index in [-0.39, 0.29) is 17.6 Å². The van der Waals surface area contributed by atoms with Crippen molar-refractivity contribution in [2.45, 2.75) is 57.7 Å². The Balaban J connectivity index is 1.44. The Morgan fingerprint density at radius 3 is 2.92 bits per heavy atom. The lowest BCUT2D eigenvalue weighted by molar-refractivity contribution is -0.120. The first-order valence-electron chi connectivity index (χ1n) is 9.59. The number of ether oxygens (including phenoxy) is 1. The van der Waals surface area contributed by atoms with Gasteiger partial charge >= 0.3 is 0 Å². The highest BCUT2D eigenvalue weighted by molar-refractivity contribution is 5.72. The fourth-order valence-corrected chi connectivity index (χ4v) is 4.16. The van der Waals surface area contributed by atoms with Crippen molar-refractivity contribution < 1.29 is 9.53 Å². The maximum atomic E-state index is 11.1. The molecular weight excluding hydrogens is 330 g/mol. The van der Waals surface area contributed by atoms with Crippen LogP contribution in [0.5, 0.6) is 0 Å². The highest BCUT2D eigenvalue weighted by Gasteiger charge is 2.42. The van der Waals surface area contributed by atoms with E-state index in [0.717, 1.165) is 62.4 Å². The van der Waals surface area contributed by atoms with E-state index >= 15 is 0 Å². The molecule has 2 aliphatic rings. The van der Waals surface area contributed by atoms with Crippen LogP contribution in [0.25, 0.3) is 5.65 Å². The molecule has 2 aromatic rings. The number of carbonyl (C=O) groups excluding carboxylic acids is 1. The number of anilines is 1. The van der Waals surface area contributed by atoms with Gasteiger partial charge in [-0.3, -0.25) is 4.79 Å². The molecule has 1 spiro atoms. The van der Waals surface area contributed by atoms with Crippen molar-refractivity contribution >= 4 is 17.4 Å². The Morgan fingerprint density at radius 1 is 1.38 bits per heavy atom. The van der Waals surface area contributed by atoms with Gasteiger partial charge in [0.25, 0.3) is 0 Å². The van der Waals surface area contributed by atoms with Crippen LogP contribution in [0, 0.1) is 0 Å². The molecule has 4 heterocycles. The Kier molecular flexibility index (Phi) is 4.56. The monoisotopic (exact) mass is 357 g/mol. The van der Waals surface area contributed by atoms with Crippen molar-refractivity contribution in [1.82, 2.24) is 19.9 Å². The molecule has 0 radical (unpaired) electrons. The minimum Gasteiger partial charge on any atom is -0.370 e. The van der Waals surface area contributed by atoms with Crippen LogP contribution in [0.1, 0.15) is 45.2 Å². The van der Waals surface area contributed by atoms with E-state index < -0.39 is 0 Å². The standard InChI is InChI=1S/C19H27N5O2/c1-3-15-12-18(24-17(22-15)5-9-21-24)23-10-7-19(8-11-23)6-4-16(26-19)13-20-14(2)25/h5,9,12,16H,3-4,6-8,10-11,13H2,1-2H3,(H,20,25). The summed E-state index contributed by atoms with van der Waals surface area (Å²) in [7, 11) is 0. The fourth-order valence-electron chi connectivity index (χ4n) is 4.16. The molecule has 2 aliphatic heterocycles. The van der Waals surface area contributed by atoms with E-state index in [9.17, 15) is 4.79 Å². The normalized spacial score (nSPS) is 22.2. The molecule has 0 aliphatic carbocycles. The Bertz CT molecular complexity index is 794. The van der Waals surface area contributed by atoms with Crippen LogP contribution in [0.3, 0.4) is 0 Å². The average molecular weight is 357 g/mol. The van der Waals surface area contributed by atoms with Crippen LogP contribution in [0.15, 0.2) is 18.3 Å². The molecule has 2 saturated heterocycles. The number of hydrogen-bond acceptors (Lipinski definition) is 5. The second kappa shape index (κ2) is 6.87. The minimum absolute atomic E-state index is 0.0111. The summed E-state index contributed by atoms with van der Waals surface area (Å²) in [6.07, 6.45) is 7.00. The molecule has 2 fully saturated rings. The largest absolute Gasteiger partial charge is 0.370 e. The molecule has 0 bridgehead atoms.